The molecule has 1 rings (SSSR count). The number of aliphatic hydroxyl groups is 1. The summed E-state index contributed by atoms with van der Waals surface area (Å²) in [5.41, 5.74) is 0.407. The van der Waals surface area contributed by atoms with Gasteiger partial charge in [0.05, 0.1) is 19.2 Å². The van der Waals surface area contributed by atoms with Crippen molar-refractivity contribution in [1.29, 1.82) is 0 Å². The van der Waals surface area contributed by atoms with E-state index in [9.17, 15) is 14.4 Å². The number of unbranched alkanes of at least 4 members (excludes halogenated alkanes) is 2. The van der Waals surface area contributed by atoms with Crippen LogP contribution in [0.4, 0.5) is 0 Å². The molecule has 0 aromatic carbocycles. The molecule has 0 fully saturated rings. The summed E-state index contributed by atoms with van der Waals surface area (Å²) >= 11 is 0. The molecule has 134 valence electrons. The summed E-state index contributed by atoms with van der Waals surface area (Å²) in [7, 11) is 0. The standard InChI is InChI=1S/C14H23N5O5/c20-10-11-8-19(18-17-11)9-13(22)15-6-3-1-2-4-12(21)16-7-5-14(23)24/h8,20H,1-7,9-10H2,(H,15,22)(H,16,21)(H,23,24). The highest BCUT2D eigenvalue weighted by Crippen LogP contribution is 1.99. The van der Waals surface area contributed by atoms with Crippen LogP contribution in [0.25, 0.3) is 0 Å². The molecule has 1 aromatic heterocycles. The van der Waals surface area contributed by atoms with Crippen molar-refractivity contribution in [2.75, 3.05) is 13.1 Å². The van der Waals surface area contributed by atoms with Gasteiger partial charge in [0.25, 0.3) is 0 Å². The second kappa shape index (κ2) is 11.1. The number of carbonyl (C=O) groups is 3. The number of carboxylic acids is 1. The van der Waals surface area contributed by atoms with E-state index >= 15 is 0 Å². The molecule has 10 nitrogen and oxygen atoms in total. The lowest BCUT2D eigenvalue weighted by molar-refractivity contribution is -0.137. The Morgan fingerprint density at radius 1 is 1.04 bits per heavy atom. The molecule has 0 unspecified atom stereocenters. The van der Waals surface area contributed by atoms with Gasteiger partial charge in [-0.2, -0.15) is 0 Å². The number of aliphatic hydroxyl groups excluding tert-OH is 1. The molecule has 0 bridgehead atoms. The molecule has 4 N–H and O–H groups in total. The zero-order chi connectivity index (χ0) is 17.8. The van der Waals surface area contributed by atoms with Crippen molar-refractivity contribution in [2.45, 2.75) is 45.3 Å². The minimum atomic E-state index is -0.940. The van der Waals surface area contributed by atoms with Gasteiger partial charge >= 0.3 is 5.97 Å². The highest BCUT2D eigenvalue weighted by molar-refractivity contribution is 5.76. The topological polar surface area (TPSA) is 146 Å². The summed E-state index contributed by atoms with van der Waals surface area (Å²) in [5, 5.41) is 29.9. The molecule has 2 amide bonds. The molecule has 0 aliphatic rings. The smallest absolute Gasteiger partial charge is 0.305 e. The lowest BCUT2D eigenvalue weighted by atomic mass is 10.2. The van der Waals surface area contributed by atoms with Crippen molar-refractivity contribution in [1.82, 2.24) is 25.6 Å². The van der Waals surface area contributed by atoms with Crippen LogP contribution in [0.3, 0.4) is 0 Å². The fraction of sp³-hybridized carbons (Fsp3) is 0.643. The predicted molar refractivity (Wildman–Crippen MR) is 82.7 cm³/mol. The summed E-state index contributed by atoms with van der Waals surface area (Å²) in [6.07, 6.45) is 3.97. The van der Waals surface area contributed by atoms with Crippen LogP contribution in [0.15, 0.2) is 6.20 Å². The van der Waals surface area contributed by atoms with Crippen LogP contribution in [-0.2, 0) is 27.5 Å². The minimum absolute atomic E-state index is 0.0407. The van der Waals surface area contributed by atoms with E-state index in [4.69, 9.17) is 10.2 Å². The lowest BCUT2D eigenvalue weighted by Crippen LogP contribution is -2.28. The van der Waals surface area contributed by atoms with Gasteiger partial charge in [-0.05, 0) is 12.8 Å². The van der Waals surface area contributed by atoms with Crippen molar-refractivity contribution in [3.8, 4) is 0 Å². The average molecular weight is 341 g/mol. The maximum Gasteiger partial charge on any atom is 0.305 e. The largest absolute Gasteiger partial charge is 0.481 e. The van der Waals surface area contributed by atoms with Gasteiger partial charge in [0, 0.05) is 19.5 Å². The Bertz CT molecular complexity index is 545. The Balaban J connectivity index is 2.00. The van der Waals surface area contributed by atoms with Gasteiger partial charge in [0.15, 0.2) is 0 Å². The molecule has 1 heterocycles. The zero-order valence-electron chi connectivity index (χ0n) is 13.4. The summed E-state index contributed by atoms with van der Waals surface area (Å²) in [5.74, 6) is -1.30. The molecule has 0 saturated carbocycles. The van der Waals surface area contributed by atoms with Gasteiger partial charge in [0.2, 0.25) is 11.8 Å². The first kappa shape index (κ1) is 19.6. The van der Waals surface area contributed by atoms with E-state index < -0.39 is 5.97 Å². The first-order valence-corrected chi connectivity index (χ1v) is 7.76. The number of carbonyl (C=O) groups excluding carboxylic acids is 2. The van der Waals surface area contributed by atoms with E-state index in [1.807, 2.05) is 0 Å². The van der Waals surface area contributed by atoms with Crippen LogP contribution in [0.1, 0.15) is 37.8 Å². The van der Waals surface area contributed by atoms with Crippen molar-refractivity contribution < 1.29 is 24.6 Å². The predicted octanol–water partition coefficient (Wildman–Crippen LogP) is -0.962. The molecule has 0 radical (unpaired) electrons. The van der Waals surface area contributed by atoms with Crippen LogP contribution in [0.2, 0.25) is 0 Å². The van der Waals surface area contributed by atoms with Crippen LogP contribution in [-0.4, -0.2) is 56.1 Å². The third kappa shape index (κ3) is 8.83. The number of nitrogens with zero attached hydrogens (tertiary/aromatic N) is 3. The molecular weight excluding hydrogens is 318 g/mol. The fourth-order valence-corrected chi connectivity index (χ4v) is 1.90. The first-order valence-electron chi connectivity index (χ1n) is 7.76. The average Bonchev–Trinajstić information content (AvgIpc) is 2.97. The Morgan fingerprint density at radius 2 is 1.79 bits per heavy atom. The minimum Gasteiger partial charge on any atom is -0.481 e. The molecule has 10 heteroatoms. The fourth-order valence-electron chi connectivity index (χ4n) is 1.90. The molecule has 0 spiro atoms. The van der Waals surface area contributed by atoms with Gasteiger partial charge in [-0.1, -0.05) is 11.6 Å². The Morgan fingerprint density at radius 3 is 2.46 bits per heavy atom. The number of hydrogen-bond acceptors (Lipinski definition) is 6. The van der Waals surface area contributed by atoms with Gasteiger partial charge in [0.1, 0.15) is 12.2 Å². The summed E-state index contributed by atoms with van der Waals surface area (Å²) in [6, 6.07) is 0. The molecular formula is C14H23N5O5. The van der Waals surface area contributed by atoms with E-state index in [0.29, 0.717) is 25.1 Å². The molecule has 0 aliphatic carbocycles. The molecule has 0 atom stereocenters. The maximum atomic E-state index is 11.6. The number of aliphatic carboxylic acids is 1. The molecule has 0 aliphatic heterocycles. The van der Waals surface area contributed by atoms with Crippen molar-refractivity contribution in [2.24, 2.45) is 0 Å². The number of rotatable bonds is 12. The quantitative estimate of drug-likeness (QED) is 0.358. The third-order valence-electron chi connectivity index (χ3n) is 3.12. The number of amides is 2. The number of aromatic nitrogens is 3. The number of nitrogens with one attached hydrogen (secondary N) is 2. The highest BCUT2D eigenvalue weighted by atomic mass is 16.4. The van der Waals surface area contributed by atoms with Gasteiger partial charge in [-0.3, -0.25) is 14.4 Å². The van der Waals surface area contributed by atoms with E-state index in [1.165, 1.54) is 10.9 Å². The summed E-state index contributed by atoms with van der Waals surface area (Å²) < 4.78 is 1.35. The van der Waals surface area contributed by atoms with E-state index in [0.717, 1.165) is 12.8 Å². The van der Waals surface area contributed by atoms with Crippen LogP contribution in [0, 0.1) is 0 Å². The van der Waals surface area contributed by atoms with E-state index in [2.05, 4.69) is 20.9 Å². The normalized spacial score (nSPS) is 10.4. The van der Waals surface area contributed by atoms with Crippen LogP contribution >= 0.6 is 0 Å². The van der Waals surface area contributed by atoms with Crippen LogP contribution < -0.4 is 10.6 Å². The van der Waals surface area contributed by atoms with Crippen molar-refractivity contribution in [3.05, 3.63) is 11.9 Å². The molecule has 24 heavy (non-hydrogen) atoms. The Labute approximate surface area is 139 Å². The van der Waals surface area contributed by atoms with Gasteiger partial charge < -0.3 is 20.8 Å². The summed E-state index contributed by atoms with van der Waals surface area (Å²) in [6.45, 7) is 0.468. The van der Waals surface area contributed by atoms with Gasteiger partial charge in [-0.15, -0.1) is 5.10 Å². The molecule has 1 aromatic rings. The first-order chi connectivity index (χ1) is 11.5. The van der Waals surface area contributed by atoms with Crippen molar-refractivity contribution >= 4 is 17.8 Å². The Kier molecular flexibility index (Phi) is 9.05. The number of hydrogen-bond donors (Lipinski definition) is 4. The van der Waals surface area contributed by atoms with E-state index in [-0.39, 0.29) is 37.9 Å². The Hall–Kier alpha value is -2.49. The maximum absolute atomic E-state index is 11.6. The SMILES string of the molecule is O=C(O)CCNC(=O)CCCCCNC(=O)Cn1cc(CO)nn1. The second-order valence-electron chi connectivity index (χ2n) is 5.22. The highest BCUT2D eigenvalue weighted by Gasteiger charge is 2.06. The van der Waals surface area contributed by atoms with E-state index in [1.54, 1.807) is 0 Å². The van der Waals surface area contributed by atoms with Crippen LogP contribution in [0.5, 0.6) is 0 Å². The number of carboxylic acid groups (broad SMARTS) is 1. The second-order valence-corrected chi connectivity index (χ2v) is 5.22. The summed E-state index contributed by atoms with van der Waals surface area (Å²) in [4.78, 5) is 33.3. The van der Waals surface area contributed by atoms with Crippen molar-refractivity contribution in [3.63, 3.8) is 0 Å². The molecule has 0 saturated heterocycles. The monoisotopic (exact) mass is 341 g/mol. The lowest BCUT2D eigenvalue weighted by Gasteiger charge is -2.05. The zero-order valence-corrected chi connectivity index (χ0v) is 13.4. The third-order valence-corrected chi connectivity index (χ3v) is 3.12. The van der Waals surface area contributed by atoms with Gasteiger partial charge in [-0.25, -0.2) is 4.68 Å².